The molecule has 0 aliphatic rings. The highest BCUT2D eigenvalue weighted by Gasteiger charge is 1.58. The lowest BCUT2D eigenvalue weighted by atomic mass is 10.4. The van der Waals surface area contributed by atoms with E-state index in [4.69, 9.17) is 0 Å². The van der Waals surface area contributed by atoms with Crippen LogP contribution in [0.25, 0.3) is 0 Å². The van der Waals surface area contributed by atoms with E-state index in [0.29, 0.717) is 0 Å². The van der Waals surface area contributed by atoms with Gasteiger partial charge in [0.25, 0.3) is 0 Å². The zero-order valence-electron chi connectivity index (χ0n) is 10.0. The van der Waals surface area contributed by atoms with Crippen LogP contribution in [0.2, 0.25) is 0 Å². The minimum Gasteiger partial charge on any atom is -0.333 e. The highest BCUT2D eigenvalue weighted by Crippen LogP contribution is 1.79. The first-order chi connectivity index (χ1) is 6.91. The summed E-state index contributed by atoms with van der Waals surface area (Å²) in [6.07, 6.45) is 2.64. The fraction of sp³-hybridized carbons (Fsp3) is 0.500. The third-order valence-corrected chi connectivity index (χ3v) is 1.17. The van der Waals surface area contributed by atoms with Gasteiger partial charge in [-0.25, -0.2) is 0 Å². The molecule has 2 heteroatoms. The van der Waals surface area contributed by atoms with E-state index in [1.54, 1.807) is 0 Å². The molecule has 14 heavy (non-hydrogen) atoms. The van der Waals surface area contributed by atoms with Crippen molar-refractivity contribution >= 4 is 0 Å². The number of benzene rings is 1. The van der Waals surface area contributed by atoms with E-state index in [1.165, 1.54) is 26.9 Å². The lowest BCUT2D eigenvalue weighted by molar-refractivity contribution is 0.886. The Kier molecular flexibility index (Phi) is 39.8. The van der Waals surface area contributed by atoms with Crippen LogP contribution >= 0.6 is 0 Å². The van der Waals surface area contributed by atoms with Gasteiger partial charge in [-0.3, -0.25) is 0 Å². The first-order valence-electron chi connectivity index (χ1n) is 5.07. The minimum absolute atomic E-state index is 1.32. The van der Waals surface area contributed by atoms with Crippen LogP contribution in [0.4, 0.5) is 0 Å². The first kappa shape index (κ1) is 18.8. The van der Waals surface area contributed by atoms with Crippen molar-refractivity contribution in [3.8, 4) is 0 Å². The van der Waals surface area contributed by atoms with Crippen molar-refractivity contribution in [1.29, 1.82) is 0 Å². The van der Waals surface area contributed by atoms with Crippen molar-refractivity contribution in [3.05, 3.63) is 36.4 Å². The van der Waals surface area contributed by atoms with E-state index in [0.717, 1.165) is 0 Å². The number of hydrogen-bond donors (Lipinski definition) is 2. The van der Waals surface area contributed by atoms with Gasteiger partial charge in [-0.15, -0.1) is 0 Å². The van der Waals surface area contributed by atoms with Crippen molar-refractivity contribution in [2.75, 3.05) is 14.1 Å². The molecule has 84 valence electrons. The summed E-state index contributed by atoms with van der Waals surface area (Å²) in [6, 6.07) is 12.0. The lowest BCUT2D eigenvalue weighted by Gasteiger charge is -1.69. The normalized spacial score (nSPS) is 6.43. The lowest BCUT2D eigenvalue weighted by Crippen LogP contribution is -1.69. The molecule has 0 aliphatic carbocycles. The Morgan fingerprint density at radius 3 is 0.786 bits per heavy atom. The third-order valence-electron chi connectivity index (χ3n) is 1.17. The molecule has 0 heterocycles. The van der Waals surface area contributed by atoms with Crippen LogP contribution in [0, 0.1) is 0 Å². The van der Waals surface area contributed by atoms with Gasteiger partial charge in [-0.05, 0) is 14.1 Å². The molecule has 0 saturated heterocycles. The van der Waals surface area contributed by atoms with E-state index in [9.17, 15) is 0 Å². The molecule has 0 radical (unpaired) electrons. The van der Waals surface area contributed by atoms with Gasteiger partial charge in [0.15, 0.2) is 0 Å². The largest absolute Gasteiger partial charge is 0.333 e. The molecule has 1 aromatic carbocycles. The molecule has 1 rings (SSSR count). The minimum atomic E-state index is 1.32. The molecular formula is C12H26N2. The standard InChI is InChI=1S/C6H6.C4H10.2CH5N/c1-2-4-6-5-3-1;1-3-4-2;2*1-2/h1-6H;3-4H2,1-2H3;2*2H2,1H3. The number of rotatable bonds is 1. The van der Waals surface area contributed by atoms with Crippen molar-refractivity contribution in [1.82, 2.24) is 0 Å². The molecule has 4 N–H and O–H groups in total. The third kappa shape index (κ3) is 30.4. The van der Waals surface area contributed by atoms with Crippen LogP contribution in [0.3, 0.4) is 0 Å². The van der Waals surface area contributed by atoms with Gasteiger partial charge in [-0.1, -0.05) is 63.1 Å². The molecule has 0 atom stereocenters. The highest BCUT2D eigenvalue weighted by atomic mass is 14.4. The fourth-order valence-corrected chi connectivity index (χ4v) is 0.385. The molecule has 0 bridgehead atoms. The molecule has 0 saturated carbocycles. The SMILES string of the molecule is CCCC.CN.CN.c1ccccc1. The summed E-state index contributed by atoms with van der Waals surface area (Å²) >= 11 is 0. The summed E-state index contributed by atoms with van der Waals surface area (Å²) in [5.41, 5.74) is 9.00. The first-order valence-corrected chi connectivity index (χ1v) is 5.07. The van der Waals surface area contributed by atoms with E-state index in [-0.39, 0.29) is 0 Å². The Hall–Kier alpha value is -0.860. The predicted octanol–water partition coefficient (Wildman–Crippen LogP) is 2.64. The van der Waals surface area contributed by atoms with Crippen molar-refractivity contribution in [2.24, 2.45) is 11.5 Å². The monoisotopic (exact) mass is 198 g/mol. The number of nitrogens with two attached hydrogens (primary N) is 2. The predicted molar refractivity (Wildman–Crippen MR) is 67.2 cm³/mol. The Morgan fingerprint density at radius 1 is 0.571 bits per heavy atom. The zero-order chi connectivity index (χ0) is 11.7. The Bertz CT molecular complexity index is 100. The van der Waals surface area contributed by atoms with Crippen LogP contribution in [0.15, 0.2) is 36.4 Å². The molecular weight excluding hydrogens is 172 g/mol. The van der Waals surface area contributed by atoms with Crippen LogP contribution in [-0.2, 0) is 0 Å². The Morgan fingerprint density at radius 2 is 0.714 bits per heavy atom. The molecule has 0 aromatic heterocycles. The molecule has 0 spiro atoms. The summed E-state index contributed by atoms with van der Waals surface area (Å²) in [4.78, 5) is 0. The molecule has 0 amide bonds. The van der Waals surface area contributed by atoms with Crippen LogP contribution in [0.1, 0.15) is 26.7 Å². The van der Waals surface area contributed by atoms with Crippen LogP contribution < -0.4 is 11.5 Å². The van der Waals surface area contributed by atoms with Crippen LogP contribution in [0.5, 0.6) is 0 Å². The number of hydrogen-bond acceptors (Lipinski definition) is 2. The maximum absolute atomic E-state index is 4.50. The summed E-state index contributed by atoms with van der Waals surface area (Å²) in [5.74, 6) is 0. The quantitative estimate of drug-likeness (QED) is 0.729. The van der Waals surface area contributed by atoms with Gasteiger partial charge in [0.05, 0.1) is 0 Å². The van der Waals surface area contributed by atoms with E-state index >= 15 is 0 Å². The molecule has 0 unspecified atom stereocenters. The second kappa shape index (κ2) is 29.6. The highest BCUT2D eigenvalue weighted by molar-refractivity contribution is 4.99. The maximum atomic E-state index is 4.50. The summed E-state index contributed by atoms with van der Waals surface area (Å²) in [7, 11) is 3.00. The van der Waals surface area contributed by atoms with Gasteiger partial charge in [0.1, 0.15) is 0 Å². The smallest absolute Gasteiger partial charge is 0.0195 e. The van der Waals surface area contributed by atoms with Crippen molar-refractivity contribution in [2.45, 2.75) is 26.7 Å². The van der Waals surface area contributed by atoms with Crippen LogP contribution in [-0.4, -0.2) is 14.1 Å². The van der Waals surface area contributed by atoms with E-state index < -0.39 is 0 Å². The van der Waals surface area contributed by atoms with E-state index in [1.807, 2.05) is 36.4 Å². The summed E-state index contributed by atoms with van der Waals surface area (Å²) in [6.45, 7) is 4.36. The van der Waals surface area contributed by atoms with Gasteiger partial charge in [0, 0.05) is 0 Å². The van der Waals surface area contributed by atoms with Gasteiger partial charge >= 0.3 is 0 Å². The summed E-state index contributed by atoms with van der Waals surface area (Å²) in [5, 5.41) is 0. The second-order valence-corrected chi connectivity index (χ2v) is 2.15. The zero-order valence-corrected chi connectivity index (χ0v) is 10.0. The van der Waals surface area contributed by atoms with Gasteiger partial charge in [0.2, 0.25) is 0 Å². The molecule has 1 aromatic rings. The number of unbranched alkanes of at least 4 members (excludes halogenated alkanes) is 1. The van der Waals surface area contributed by atoms with Crippen molar-refractivity contribution in [3.63, 3.8) is 0 Å². The topological polar surface area (TPSA) is 52.0 Å². The van der Waals surface area contributed by atoms with Gasteiger partial charge < -0.3 is 11.5 Å². The second-order valence-electron chi connectivity index (χ2n) is 2.15. The average Bonchev–Trinajstić information content (AvgIpc) is 2.36. The Balaban J connectivity index is -0.000000134. The Labute approximate surface area is 89.3 Å². The maximum Gasteiger partial charge on any atom is -0.0195 e. The molecule has 0 aliphatic heterocycles. The van der Waals surface area contributed by atoms with Gasteiger partial charge in [-0.2, -0.15) is 0 Å². The average molecular weight is 198 g/mol. The molecule has 0 fully saturated rings. The van der Waals surface area contributed by atoms with E-state index in [2.05, 4.69) is 25.3 Å². The van der Waals surface area contributed by atoms with Crippen molar-refractivity contribution < 1.29 is 0 Å². The molecule has 2 nitrogen and oxygen atoms in total. The summed E-state index contributed by atoms with van der Waals surface area (Å²) < 4.78 is 0. The fourth-order valence-electron chi connectivity index (χ4n) is 0.385.